The van der Waals surface area contributed by atoms with Crippen molar-refractivity contribution >= 4 is 11.7 Å². The number of ether oxygens (including phenoxy) is 2. The van der Waals surface area contributed by atoms with Gasteiger partial charge < -0.3 is 9.47 Å². The van der Waals surface area contributed by atoms with Crippen molar-refractivity contribution in [3.8, 4) is 0 Å². The maximum Gasteiger partial charge on any atom is 0.338 e. The molecule has 6 nitrogen and oxygen atoms in total. The van der Waals surface area contributed by atoms with E-state index in [1.807, 2.05) is 0 Å². The summed E-state index contributed by atoms with van der Waals surface area (Å²) in [6.07, 6.45) is 1.86. The molecule has 6 heteroatoms. The SMILES string of the molecule is O=C(OC[C@H]1CCCO1)c1ccc([N+](=O)[O-])cc1. The van der Waals surface area contributed by atoms with Crippen molar-refractivity contribution in [3.05, 3.63) is 39.9 Å². The molecule has 96 valence electrons. The lowest BCUT2D eigenvalue weighted by atomic mass is 10.2. The number of nitrogens with zero attached hydrogens (tertiary/aromatic N) is 1. The van der Waals surface area contributed by atoms with Crippen LogP contribution in [0.4, 0.5) is 5.69 Å². The molecule has 1 atom stereocenters. The van der Waals surface area contributed by atoms with Crippen LogP contribution in [-0.4, -0.2) is 30.2 Å². The molecule has 0 radical (unpaired) electrons. The van der Waals surface area contributed by atoms with Gasteiger partial charge in [0.1, 0.15) is 6.61 Å². The molecule has 18 heavy (non-hydrogen) atoms. The van der Waals surface area contributed by atoms with E-state index < -0.39 is 10.9 Å². The Morgan fingerprint density at radius 2 is 2.17 bits per heavy atom. The van der Waals surface area contributed by atoms with Gasteiger partial charge in [-0.1, -0.05) is 0 Å². The van der Waals surface area contributed by atoms with Crippen molar-refractivity contribution < 1.29 is 19.2 Å². The minimum atomic E-state index is -0.512. The van der Waals surface area contributed by atoms with Gasteiger partial charge in [0.2, 0.25) is 0 Å². The van der Waals surface area contributed by atoms with Gasteiger partial charge >= 0.3 is 5.97 Å². The predicted molar refractivity (Wildman–Crippen MR) is 62.4 cm³/mol. The molecular weight excluding hydrogens is 238 g/mol. The molecule has 0 amide bonds. The van der Waals surface area contributed by atoms with E-state index in [0.717, 1.165) is 12.8 Å². The van der Waals surface area contributed by atoms with Crippen molar-refractivity contribution in [1.82, 2.24) is 0 Å². The topological polar surface area (TPSA) is 78.7 Å². The molecule has 0 unspecified atom stereocenters. The van der Waals surface area contributed by atoms with Crippen LogP contribution in [-0.2, 0) is 9.47 Å². The number of carbonyl (C=O) groups is 1. The number of nitro benzene ring substituents is 1. The number of rotatable bonds is 4. The fourth-order valence-electron chi connectivity index (χ4n) is 1.75. The number of carbonyl (C=O) groups excluding carboxylic acids is 1. The average molecular weight is 251 g/mol. The van der Waals surface area contributed by atoms with Crippen LogP contribution in [0.3, 0.4) is 0 Å². The van der Waals surface area contributed by atoms with Crippen LogP contribution in [0.2, 0.25) is 0 Å². The van der Waals surface area contributed by atoms with Gasteiger partial charge in [0.15, 0.2) is 0 Å². The molecule has 1 aliphatic rings. The second kappa shape index (κ2) is 5.59. The Kier molecular flexibility index (Phi) is 3.88. The minimum absolute atomic E-state index is 0.0213. The van der Waals surface area contributed by atoms with E-state index >= 15 is 0 Å². The Hall–Kier alpha value is -1.95. The molecular formula is C12H13NO5. The summed E-state index contributed by atoms with van der Waals surface area (Å²) < 4.78 is 10.4. The quantitative estimate of drug-likeness (QED) is 0.464. The van der Waals surface area contributed by atoms with Crippen molar-refractivity contribution in [3.63, 3.8) is 0 Å². The summed E-state index contributed by atoms with van der Waals surface area (Å²) in [4.78, 5) is 21.6. The molecule has 1 fully saturated rings. The first-order valence-corrected chi connectivity index (χ1v) is 5.70. The second-order valence-corrected chi connectivity index (χ2v) is 4.04. The van der Waals surface area contributed by atoms with Crippen LogP contribution in [0.25, 0.3) is 0 Å². The predicted octanol–water partition coefficient (Wildman–Crippen LogP) is 1.93. The van der Waals surface area contributed by atoms with Gasteiger partial charge in [0, 0.05) is 18.7 Å². The second-order valence-electron chi connectivity index (χ2n) is 4.04. The summed E-state index contributed by atoms with van der Waals surface area (Å²) in [6.45, 7) is 0.940. The van der Waals surface area contributed by atoms with Gasteiger partial charge in [-0.25, -0.2) is 4.79 Å². The Morgan fingerprint density at radius 3 is 2.72 bits per heavy atom. The van der Waals surface area contributed by atoms with Crippen LogP contribution in [0.5, 0.6) is 0 Å². The largest absolute Gasteiger partial charge is 0.459 e. The van der Waals surface area contributed by atoms with E-state index in [1.54, 1.807) is 0 Å². The van der Waals surface area contributed by atoms with Gasteiger partial charge in [-0.3, -0.25) is 10.1 Å². The van der Waals surface area contributed by atoms with E-state index in [1.165, 1.54) is 24.3 Å². The standard InChI is InChI=1S/C12H13NO5/c14-12(18-8-11-2-1-7-17-11)9-3-5-10(6-4-9)13(15)16/h3-6,11H,1-2,7-8H2/t11-/m1/s1. The van der Waals surface area contributed by atoms with Gasteiger partial charge in [-0.05, 0) is 25.0 Å². The number of hydrogen-bond donors (Lipinski definition) is 0. The molecule has 1 aliphatic heterocycles. The van der Waals surface area contributed by atoms with Gasteiger partial charge in [0.25, 0.3) is 5.69 Å². The van der Waals surface area contributed by atoms with Gasteiger partial charge in [-0.15, -0.1) is 0 Å². The van der Waals surface area contributed by atoms with Crippen LogP contribution < -0.4 is 0 Å². The maximum atomic E-state index is 11.6. The van der Waals surface area contributed by atoms with Crippen LogP contribution in [0.15, 0.2) is 24.3 Å². The Bertz CT molecular complexity index is 436. The number of esters is 1. The zero-order valence-electron chi connectivity index (χ0n) is 9.70. The normalized spacial score (nSPS) is 18.6. The molecule has 1 aromatic carbocycles. The third-order valence-corrected chi connectivity index (χ3v) is 2.74. The van der Waals surface area contributed by atoms with E-state index in [2.05, 4.69) is 0 Å². The van der Waals surface area contributed by atoms with Gasteiger partial charge in [0.05, 0.1) is 16.6 Å². The third-order valence-electron chi connectivity index (χ3n) is 2.74. The summed E-state index contributed by atoms with van der Waals surface area (Å²) in [7, 11) is 0. The number of non-ortho nitro benzene ring substituents is 1. The minimum Gasteiger partial charge on any atom is -0.459 e. The molecule has 0 bridgehead atoms. The zero-order chi connectivity index (χ0) is 13.0. The van der Waals surface area contributed by atoms with Crippen molar-refractivity contribution in [2.75, 3.05) is 13.2 Å². The molecule has 0 aliphatic carbocycles. The molecule has 2 rings (SSSR count). The summed E-state index contributed by atoms with van der Waals surface area (Å²) in [6, 6.07) is 5.33. The highest BCUT2D eigenvalue weighted by Gasteiger charge is 2.18. The summed E-state index contributed by atoms with van der Waals surface area (Å²) >= 11 is 0. The van der Waals surface area contributed by atoms with Crippen molar-refractivity contribution in [2.45, 2.75) is 18.9 Å². The molecule has 0 N–H and O–H groups in total. The smallest absolute Gasteiger partial charge is 0.338 e. The highest BCUT2D eigenvalue weighted by atomic mass is 16.6. The number of benzene rings is 1. The summed E-state index contributed by atoms with van der Waals surface area (Å²) in [5.74, 6) is -0.486. The molecule has 1 heterocycles. The highest BCUT2D eigenvalue weighted by molar-refractivity contribution is 5.89. The first-order valence-electron chi connectivity index (χ1n) is 5.70. The van der Waals surface area contributed by atoms with Crippen LogP contribution in [0.1, 0.15) is 23.2 Å². The fraction of sp³-hybridized carbons (Fsp3) is 0.417. The Morgan fingerprint density at radius 1 is 1.44 bits per heavy atom. The first kappa shape index (κ1) is 12.5. The average Bonchev–Trinajstić information content (AvgIpc) is 2.89. The van der Waals surface area contributed by atoms with Crippen molar-refractivity contribution in [1.29, 1.82) is 0 Å². The molecule has 0 aromatic heterocycles. The van der Waals surface area contributed by atoms with E-state index in [0.29, 0.717) is 12.2 Å². The molecule has 0 spiro atoms. The lowest BCUT2D eigenvalue weighted by Crippen LogP contribution is -2.17. The summed E-state index contributed by atoms with van der Waals surface area (Å²) in [5.41, 5.74) is 0.254. The maximum absolute atomic E-state index is 11.6. The Balaban J connectivity index is 1.89. The molecule has 1 saturated heterocycles. The molecule has 1 aromatic rings. The van der Waals surface area contributed by atoms with E-state index in [9.17, 15) is 14.9 Å². The van der Waals surface area contributed by atoms with Crippen molar-refractivity contribution in [2.24, 2.45) is 0 Å². The zero-order valence-corrected chi connectivity index (χ0v) is 9.70. The molecule has 0 saturated carbocycles. The first-order chi connectivity index (χ1) is 8.66. The highest BCUT2D eigenvalue weighted by Crippen LogP contribution is 2.15. The lowest BCUT2D eigenvalue weighted by Gasteiger charge is -2.09. The Labute approximate surface area is 104 Å². The lowest BCUT2D eigenvalue weighted by molar-refractivity contribution is -0.384. The number of hydrogen-bond acceptors (Lipinski definition) is 5. The fourth-order valence-corrected chi connectivity index (χ4v) is 1.75. The van der Waals surface area contributed by atoms with Gasteiger partial charge in [-0.2, -0.15) is 0 Å². The van der Waals surface area contributed by atoms with E-state index in [-0.39, 0.29) is 18.4 Å². The summed E-state index contributed by atoms with van der Waals surface area (Å²) in [5, 5.41) is 10.5. The third kappa shape index (κ3) is 3.04. The van der Waals surface area contributed by atoms with Crippen LogP contribution in [0, 0.1) is 10.1 Å². The monoisotopic (exact) mass is 251 g/mol. The van der Waals surface area contributed by atoms with Crippen LogP contribution >= 0.6 is 0 Å². The number of nitro groups is 1. The van der Waals surface area contributed by atoms with E-state index in [4.69, 9.17) is 9.47 Å².